The Balaban J connectivity index is 1.93. The molecule has 0 heterocycles. The number of amides is 1. The van der Waals surface area contributed by atoms with E-state index in [2.05, 4.69) is 26.6 Å². The van der Waals surface area contributed by atoms with Crippen molar-refractivity contribution in [3.8, 4) is 0 Å². The number of rotatable bonds is 4. The number of benzene rings is 2. The predicted molar refractivity (Wildman–Crippen MR) is 87.5 cm³/mol. The molecule has 0 saturated carbocycles. The van der Waals surface area contributed by atoms with Gasteiger partial charge < -0.3 is 10.6 Å². The second-order valence-corrected chi connectivity index (χ2v) is 5.61. The minimum Gasteiger partial charge on any atom is -0.375 e. The molecule has 0 aromatic heterocycles. The third-order valence-corrected chi connectivity index (χ3v) is 3.95. The monoisotopic (exact) mass is 352 g/mol. The summed E-state index contributed by atoms with van der Waals surface area (Å²) in [6.07, 6.45) is 0. The second kappa shape index (κ2) is 6.77. The molecule has 104 valence electrons. The van der Waals surface area contributed by atoms with Crippen LogP contribution in [0, 0.1) is 6.92 Å². The third-order valence-electron chi connectivity index (χ3n) is 2.77. The van der Waals surface area contributed by atoms with E-state index in [1.165, 1.54) is 0 Å². The molecule has 0 unspecified atom stereocenters. The van der Waals surface area contributed by atoms with Gasteiger partial charge in [0.1, 0.15) is 0 Å². The zero-order chi connectivity index (χ0) is 14.5. The largest absolute Gasteiger partial charge is 0.375 e. The van der Waals surface area contributed by atoms with Crippen LogP contribution in [-0.4, -0.2) is 12.5 Å². The maximum Gasteiger partial charge on any atom is 0.243 e. The molecule has 3 nitrogen and oxygen atoms in total. The summed E-state index contributed by atoms with van der Waals surface area (Å²) in [5, 5.41) is 6.42. The summed E-state index contributed by atoms with van der Waals surface area (Å²) in [7, 11) is 0. The Morgan fingerprint density at radius 3 is 2.70 bits per heavy atom. The highest BCUT2D eigenvalue weighted by atomic mass is 79.9. The quantitative estimate of drug-likeness (QED) is 0.852. The van der Waals surface area contributed by atoms with Crippen LogP contribution in [0.25, 0.3) is 0 Å². The van der Waals surface area contributed by atoms with Crippen LogP contribution in [0.15, 0.2) is 46.9 Å². The Bertz CT molecular complexity index is 631. The fourth-order valence-electron chi connectivity index (χ4n) is 1.66. The first-order valence-corrected chi connectivity index (χ1v) is 7.28. The lowest BCUT2D eigenvalue weighted by atomic mass is 10.2. The van der Waals surface area contributed by atoms with Crippen molar-refractivity contribution in [1.82, 2.24) is 0 Å². The average molecular weight is 354 g/mol. The van der Waals surface area contributed by atoms with Crippen LogP contribution in [0.4, 0.5) is 11.4 Å². The van der Waals surface area contributed by atoms with E-state index >= 15 is 0 Å². The van der Waals surface area contributed by atoms with E-state index in [4.69, 9.17) is 11.6 Å². The molecule has 0 radical (unpaired) electrons. The van der Waals surface area contributed by atoms with Crippen molar-refractivity contribution in [2.24, 2.45) is 0 Å². The molecule has 0 atom stereocenters. The molecule has 0 aliphatic heterocycles. The first-order chi connectivity index (χ1) is 9.56. The maximum absolute atomic E-state index is 11.9. The Morgan fingerprint density at radius 2 is 2.00 bits per heavy atom. The fourth-order valence-corrected chi connectivity index (χ4v) is 2.24. The van der Waals surface area contributed by atoms with Crippen molar-refractivity contribution >= 4 is 44.8 Å². The minimum absolute atomic E-state index is 0.124. The van der Waals surface area contributed by atoms with Gasteiger partial charge in [0, 0.05) is 10.2 Å². The topological polar surface area (TPSA) is 41.1 Å². The van der Waals surface area contributed by atoms with E-state index in [0.29, 0.717) is 5.02 Å². The highest BCUT2D eigenvalue weighted by molar-refractivity contribution is 9.10. The van der Waals surface area contributed by atoms with Crippen LogP contribution in [0.3, 0.4) is 0 Å². The standard InChI is InChI=1S/C15H14BrClN2O/c1-10-6-7-11(8-12(10)16)19-15(20)9-18-14-5-3-2-4-13(14)17/h2-8,18H,9H2,1H3,(H,19,20). The Kier molecular flexibility index (Phi) is 5.04. The molecule has 0 saturated heterocycles. The summed E-state index contributed by atoms with van der Waals surface area (Å²) in [5.41, 5.74) is 2.63. The van der Waals surface area contributed by atoms with Gasteiger partial charge in [0.25, 0.3) is 0 Å². The Labute approximate surface area is 131 Å². The highest BCUT2D eigenvalue weighted by Gasteiger charge is 2.05. The van der Waals surface area contributed by atoms with Gasteiger partial charge in [-0.25, -0.2) is 0 Å². The molecule has 0 fully saturated rings. The number of halogens is 2. The smallest absolute Gasteiger partial charge is 0.243 e. The van der Waals surface area contributed by atoms with E-state index < -0.39 is 0 Å². The molecule has 20 heavy (non-hydrogen) atoms. The first-order valence-electron chi connectivity index (χ1n) is 6.10. The second-order valence-electron chi connectivity index (χ2n) is 4.35. The van der Waals surface area contributed by atoms with E-state index in [1.54, 1.807) is 6.07 Å². The molecular weight excluding hydrogens is 340 g/mol. The van der Waals surface area contributed by atoms with Crippen LogP contribution in [-0.2, 0) is 4.79 Å². The zero-order valence-electron chi connectivity index (χ0n) is 10.9. The van der Waals surface area contributed by atoms with E-state index in [9.17, 15) is 4.79 Å². The van der Waals surface area contributed by atoms with Crippen molar-refractivity contribution < 1.29 is 4.79 Å². The lowest BCUT2D eigenvalue weighted by molar-refractivity contribution is -0.114. The molecule has 1 amide bonds. The van der Waals surface area contributed by atoms with Gasteiger partial charge in [0.05, 0.1) is 17.3 Å². The summed E-state index contributed by atoms with van der Waals surface area (Å²) in [6.45, 7) is 2.16. The molecule has 5 heteroatoms. The minimum atomic E-state index is -0.124. The SMILES string of the molecule is Cc1ccc(NC(=O)CNc2ccccc2Cl)cc1Br. The fraction of sp³-hybridized carbons (Fsp3) is 0.133. The van der Waals surface area contributed by atoms with Crippen LogP contribution >= 0.6 is 27.5 Å². The van der Waals surface area contributed by atoms with Crippen molar-refractivity contribution in [2.75, 3.05) is 17.2 Å². The van der Waals surface area contributed by atoms with Crippen molar-refractivity contribution in [3.05, 3.63) is 57.5 Å². The normalized spacial score (nSPS) is 10.2. The van der Waals surface area contributed by atoms with Gasteiger partial charge in [0.15, 0.2) is 0 Å². The zero-order valence-corrected chi connectivity index (χ0v) is 13.3. The average Bonchev–Trinajstić information content (AvgIpc) is 2.42. The summed E-state index contributed by atoms with van der Waals surface area (Å²) in [4.78, 5) is 11.9. The number of aryl methyl sites for hydroxylation is 1. The van der Waals surface area contributed by atoms with E-state index in [1.807, 2.05) is 43.3 Å². The van der Waals surface area contributed by atoms with Gasteiger partial charge in [-0.3, -0.25) is 4.79 Å². The molecule has 2 aromatic rings. The molecule has 0 spiro atoms. The number of hydrogen-bond donors (Lipinski definition) is 2. The van der Waals surface area contributed by atoms with Crippen molar-refractivity contribution in [2.45, 2.75) is 6.92 Å². The summed E-state index contributed by atoms with van der Waals surface area (Å²) in [6, 6.07) is 13.0. The number of nitrogens with one attached hydrogen (secondary N) is 2. The van der Waals surface area contributed by atoms with Crippen molar-refractivity contribution in [3.63, 3.8) is 0 Å². The Morgan fingerprint density at radius 1 is 1.25 bits per heavy atom. The van der Waals surface area contributed by atoms with Crippen LogP contribution in [0.2, 0.25) is 5.02 Å². The maximum atomic E-state index is 11.9. The molecule has 2 rings (SSSR count). The van der Waals surface area contributed by atoms with Crippen LogP contribution in [0.5, 0.6) is 0 Å². The van der Waals surface area contributed by atoms with Crippen molar-refractivity contribution in [1.29, 1.82) is 0 Å². The highest BCUT2D eigenvalue weighted by Crippen LogP contribution is 2.21. The summed E-state index contributed by atoms with van der Waals surface area (Å²) in [5.74, 6) is -0.124. The van der Waals surface area contributed by atoms with Crippen LogP contribution in [0.1, 0.15) is 5.56 Å². The lowest BCUT2D eigenvalue weighted by Gasteiger charge is -2.09. The molecule has 0 aliphatic carbocycles. The summed E-state index contributed by atoms with van der Waals surface area (Å²) >= 11 is 9.44. The Hall–Kier alpha value is -1.52. The molecule has 2 N–H and O–H groups in total. The molecule has 0 aliphatic rings. The summed E-state index contributed by atoms with van der Waals surface area (Å²) < 4.78 is 0.967. The van der Waals surface area contributed by atoms with Gasteiger partial charge in [-0.2, -0.15) is 0 Å². The third kappa shape index (κ3) is 3.99. The van der Waals surface area contributed by atoms with E-state index in [-0.39, 0.29) is 12.5 Å². The van der Waals surface area contributed by atoms with Gasteiger partial charge in [0.2, 0.25) is 5.91 Å². The van der Waals surface area contributed by atoms with Gasteiger partial charge >= 0.3 is 0 Å². The number of anilines is 2. The number of para-hydroxylation sites is 1. The van der Waals surface area contributed by atoms with E-state index in [0.717, 1.165) is 21.4 Å². The number of carbonyl (C=O) groups excluding carboxylic acids is 1. The molecule has 0 bridgehead atoms. The number of hydrogen-bond acceptors (Lipinski definition) is 2. The predicted octanol–water partition coefficient (Wildman–Crippen LogP) is 4.46. The van der Waals surface area contributed by atoms with Gasteiger partial charge in [-0.05, 0) is 36.8 Å². The molecular formula is C15H14BrClN2O. The number of carbonyl (C=O) groups is 1. The lowest BCUT2D eigenvalue weighted by Crippen LogP contribution is -2.21. The first kappa shape index (κ1) is 14.9. The van der Waals surface area contributed by atoms with Gasteiger partial charge in [-0.15, -0.1) is 0 Å². The molecule has 2 aromatic carbocycles. The van der Waals surface area contributed by atoms with Crippen LogP contribution < -0.4 is 10.6 Å². The van der Waals surface area contributed by atoms with Gasteiger partial charge in [-0.1, -0.05) is 45.7 Å².